The second-order valence-electron chi connectivity index (χ2n) is 5.92. The highest BCUT2D eigenvalue weighted by Gasteiger charge is 2.32. The van der Waals surface area contributed by atoms with Gasteiger partial charge in [-0.1, -0.05) is 11.6 Å². The van der Waals surface area contributed by atoms with Crippen LogP contribution in [0.2, 0.25) is 5.02 Å². The van der Waals surface area contributed by atoms with E-state index in [9.17, 15) is 4.39 Å². The zero-order chi connectivity index (χ0) is 16.6. The normalized spacial score (nSPS) is 22.5. The van der Waals surface area contributed by atoms with Gasteiger partial charge in [-0.3, -0.25) is 0 Å². The predicted molar refractivity (Wildman–Crippen MR) is 92.0 cm³/mol. The van der Waals surface area contributed by atoms with E-state index in [4.69, 9.17) is 16.6 Å². The molecule has 0 saturated carbocycles. The number of fused-ring (bicyclic) bond motifs is 1. The quantitative estimate of drug-likeness (QED) is 0.739. The van der Waals surface area contributed by atoms with Crippen LogP contribution in [0.5, 0.6) is 0 Å². The monoisotopic (exact) mass is 337 g/mol. The SMILES string of the molecule is C/C=N\N1C(N2CCN(C)CC2)=Nc2cc(Cl)c(F)cc2C1C. The Balaban J connectivity index is 2.03. The minimum Gasteiger partial charge on any atom is -0.338 e. The van der Waals surface area contributed by atoms with Crippen LogP contribution in [0.4, 0.5) is 10.1 Å². The third-order valence-electron chi connectivity index (χ3n) is 4.34. The average Bonchev–Trinajstić information content (AvgIpc) is 2.53. The number of hydrogen-bond acceptors (Lipinski definition) is 5. The zero-order valence-corrected chi connectivity index (χ0v) is 14.4. The van der Waals surface area contributed by atoms with E-state index < -0.39 is 5.82 Å². The molecule has 1 saturated heterocycles. The molecule has 0 aromatic heterocycles. The first kappa shape index (κ1) is 16.2. The Hall–Kier alpha value is -1.66. The second-order valence-corrected chi connectivity index (χ2v) is 6.33. The van der Waals surface area contributed by atoms with Gasteiger partial charge in [-0.15, -0.1) is 0 Å². The van der Waals surface area contributed by atoms with Crippen LogP contribution in [0, 0.1) is 5.82 Å². The van der Waals surface area contributed by atoms with Crippen LogP contribution in [0.1, 0.15) is 25.5 Å². The van der Waals surface area contributed by atoms with Gasteiger partial charge in [0.05, 0.1) is 16.8 Å². The molecule has 1 aromatic rings. The molecule has 7 heteroatoms. The van der Waals surface area contributed by atoms with Gasteiger partial charge in [-0.25, -0.2) is 14.4 Å². The minimum atomic E-state index is -0.420. The van der Waals surface area contributed by atoms with Crippen LogP contribution in [0.15, 0.2) is 22.2 Å². The summed E-state index contributed by atoms with van der Waals surface area (Å²) in [5, 5.41) is 6.42. The summed E-state index contributed by atoms with van der Waals surface area (Å²) in [5.74, 6) is 0.384. The molecule has 1 atom stereocenters. The standard InChI is InChI=1S/C16H21ClFN5/c1-4-19-23-11(2)12-9-14(18)13(17)10-15(12)20-16(23)22-7-5-21(3)6-8-22/h4,9-11H,5-8H2,1-3H3/b19-4-. The van der Waals surface area contributed by atoms with E-state index in [0.29, 0.717) is 0 Å². The number of piperazine rings is 1. The highest BCUT2D eigenvalue weighted by Crippen LogP contribution is 2.38. The lowest BCUT2D eigenvalue weighted by molar-refractivity contribution is 0.187. The maximum Gasteiger partial charge on any atom is 0.223 e. The van der Waals surface area contributed by atoms with E-state index in [1.807, 2.05) is 18.9 Å². The largest absolute Gasteiger partial charge is 0.338 e. The van der Waals surface area contributed by atoms with Gasteiger partial charge < -0.3 is 9.80 Å². The Labute approximate surface area is 141 Å². The Bertz CT molecular complexity index is 652. The minimum absolute atomic E-state index is 0.0971. The number of hydrazone groups is 1. The Morgan fingerprint density at radius 1 is 1.30 bits per heavy atom. The number of aliphatic imine (C=N–C) groups is 1. The van der Waals surface area contributed by atoms with Crippen molar-refractivity contribution in [1.82, 2.24) is 14.8 Å². The summed E-state index contributed by atoms with van der Waals surface area (Å²) in [6.45, 7) is 7.61. The fraction of sp³-hybridized carbons (Fsp3) is 0.500. The molecule has 124 valence electrons. The van der Waals surface area contributed by atoms with Gasteiger partial charge in [0.1, 0.15) is 5.82 Å². The summed E-state index contributed by atoms with van der Waals surface area (Å²) in [7, 11) is 2.11. The van der Waals surface area contributed by atoms with E-state index in [1.54, 1.807) is 12.3 Å². The van der Waals surface area contributed by atoms with E-state index in [-0.39, 0.29) is 11.1 Å². The van der Waals surface area contributed by atoms with Crippen molar-refractivity contribution in [3.63, 3.8) is 0 Å². The van der Waals surface area contributed by atoms with Gasteiger partial charge >= 0.3 is 0 Å². The lowest BCUT2D eigenvalue weighted by atomic mass is 10.0. The second kappa shape index (κ2) is 6.45. The summed E-state index contributed by atoms with van der Waals surface area (Å²) in [5.41, 5.74) is 1.52. The molecule has 5 nitrogen and oxygen atoms in total. The molecule has 0 N–H and O–H groups in total. The number of benzene rings is 1. The molecule has 0 aliphatic carbocycles. The molecule has 1 aromatic carbocycles. The van der Waals surface area contributed by atoms with Crippen molar-refractivity contribution < 1.29 is 4.39 Å². The van der Waals surface area contributed by atoms with Crippen molar-refractivity contribution >= 4 is 29.5 Å². The van der Waals surface area contributed by atoms with Gasteiger partial charge in [0.15, 0.2) is 0 Å². The summed E-state index contributed by atoms with van der Waals surface area (Å²) in [6, 6.07) is 2.97. The smallest absolute Gasteiger partial charge is 0.223 e. The number of nitrogens with zero attached hydrogens (tertiary/aromatic N) is 5. The number of hydrogen-bond donors (Lipinski definition) is 0. The molecule has 0 bridgehead atoms. The highest BCUT2D eigenvalue weighted by atomic mass is 35.5. The average molecular weight is 338 g/mol. The molecule has 2 heterocycles. The Morgan fingerprint density at radius 3 is 2.65 bits per heavy atom. The van der Waals surface area contributed by atoms with Crippen molar-refractivity contribution in [2.24, 2.45) is 10.1 Å². The van der Waals surface area contributed by atoms with Gasteiger partial charge in [0, 0.05) is 38.0 Å². The van der Waals surface area contributed by atoms with Crippen molar-refractivity contribution in [2.75, 3.05) is 33.2 Å². The van der Waals surface area contributed by atoms with Crippen LogP contribution in [-0.2, 0) is 0 Å². The van der Waals surface area contributed by atoms with Crippen molar-refractivity contribution in [3.8, 4) is 0 Å². The summed E-state index contributed by atoms with van der Waals surface area (Å²) >= 11 is 5.94. The maximum absolute atomic E-state index is 13.8. The van der Waals surface area contributed by atoms with Gasteiger partial charge in [0.25, 0.3) is 0 Å². The van der Waals surface area contributed by atoms with E-state index in [0.717, 1.165) is 43.4 Å². The predicted octanol–water partition coefficient (Wildman–Crippen LogP) is 3.10. The number of guanidine groups is 1. The Kier molecular flexibility index (Phi) is 4.55. The molecular weight excluding hydrogens is 317 g/mol. The van der Waals surface area contributed by atoms with Crippen molar-refractivity contribution in [3.05, 3.63) is 28.5 Å². The number of rotatable bonds is 1. The van der Waals surface area contributed by atoms with E-state index in [1.165, 1.54) is 6.07 Å². The molecule has 0 amide bonds. The van der Waals surface area contributed by atoms with Crippen LogP contribution >= 0.6 is 11.6 Å². The summed E-state index contributed by atoms with van der Waals surface area (Å²) in [6.07, 6.45) is 1.74. The van der Waals surface area contributed by atoms with Crippen LogP contribution in [-0.4, -0.2) is 60.2 Å². The topological polar surface area (TPSA) is 34.4 Å². The highest BCUT2D eigenvalue weighted by molar-refractivity contribution is 6.31. The molecule has 3 rings (SSSR count). The first-order valence-electron chi connectivity index (χ1n) is 7.80. The van der Waals surface area contributed by atoms with Crippen molar-refractivity contribution in [1.29, 1.82) is 0 Å². The maximum atomic E-state index is 13.8. The molecule has 23 heavy (non-hydrogen) atoms. The Morgan fingerprint density at radius 2 is 2.00 bits per heavy atom. The third kappa shape index (κ3) is 3.05. The first-order valence-corrected chi connectivity index (χ1v) is 8.18. The number of likely N-dealkylation sites (N-methyl/N-ethyl adjacent to an activating group) is 1. The van der Waals surface area contributed by atoms with Crippen LogP contribution in [0.25, 0.3) is 0 Å². The third-order valence-corrected chi connectivity index (χ3v) is 4.63. The van der Waals surface area contributed by atoms with Crippen LogP contribution < -0.4 is 0 Å². The molecule has 0 spiro atoms. The molecule has 1 fully saturated rings. The van der Waals surface area contributed by atoms with E-state index in [2.05, 4.69) is 21.9 Å². The molecule has 2 aliphatic rings. The fourth-order valence-electron chi connectivity index (χ4n) is 2.95. The fourth-order valence-corrected chi connectivity index (χ4v) is 3.10. The lowest BCUT2D eigenvalue weighted by Crippen LogP contribution is -2.52. The van der Waals surface area contributed by atoms with Gasteiger partial charge in [-0.2, -0.15) is 5.10 Å². The zero-order valence-electron chi connectivity index (χ0n) is 13.6. The number of halogens is 2. The van der Waals surface area contributed by atoms with Crippen LogP contribution in [0.3, 0.4) is 0 Å². The molecule has 0 radical (unpaired) electrons. The summed E-state index contributed by atoms with van der Waals surface area (Å²) < 4.78 is 13.8. The summed E-state index contributed by atoms with van der Waals surface area (Å²) in [4.78, 5) is 9.25. The molecule has 1 unspecified atom stereocenters. The van der Waals surface area contributed by atoms with Gasteiger partial charge in [-0.05, 0) is 33.0 Å². The van der Waals surface area contributed by atoms with Crippen molar-refractivity contribution in [2.45, 2.75) is 19.9 Å². The van der Waals surface area contributed by atoms with E-state index >= 15 is 0 Å². The lowest BCUT2D eigenvalue weighted by Gasteiger charge is -2.41. The van der Waals surface area contributed by atoms with Gasteiger partial charge in [0.2, 0.25) is 5.96 Å². The first-order chi connectivity index (χ1) is 11.0. The molecule has 2 aliphatic heterocycles. The molecular formula is C16H21ClFN5.